The second kappa shape index (κ2) is 5.89. The maximum Gasteiger partial charge on any atom is 0.315 e. The van der Waals surface area contributed by atoms with E-state index in [1.165, 1.54) is 0 Å². The number of hydrogen-bond donors (Lipinski definition) is 3. The molecule has 0 aromatic rings. The standard InChI is InChI=1S/C12H22N2O3/c1-4-8-5-10(8)14-12(17)13-6-9(7(2)3)11(15)16/h7-10H,4-6H2,1-3H3,(H,15,16)(H2,13,14,17). The zero-order valence-corrected chi connectivity index (χ0v) is 10.7. The first kappa shape index (κ1) is 13.8. The molecule has 17 heavy (non-hydrogen) atoms. The summed E-state index contributed by atoms with van der Waals surface area (Å²) in [6.45, 7) is 5.96. The highest BCUT2D eigenvalue weighted by molar-refractivity contribution is 5.76. The number of urea groups is 1. The van der Waals surface area contributed by atoms with Gasteiger partial charge in [-0.25, -0.2) is 4.79 Å². The Hall–Kier alpha value is -1.26. The van der Waals surface area contributed by atoms with Crippen molar-refractivity contribution < 1.29 is 14.7 Å². The second-order valence-electron chi connectivity index (χ2n) is 5.05. The van der Waals surface area contributed by atoms with Gasteiger partial charge in [0.15, 0.2) is 0 Å². The van der Waals surface area contributed by atoms with Gasteiger partial charge in [-0.1, -0.05) is 27.2 Å². The minimum absolute atomic E-state index is 0.0112. The first-order valence-electron chi connectivity index (χ1n) is 6.22. The second-order valence-corrected chi connectivity index (χ2v) is 5.05. The van der Waals surface area contributed by atoms with E-state index in [1.807, 2.05) is 13.8 Å². The van der Waals surface area contributed by atoms with Crippen LogP contribution in [-0.4, -0.2) is 29.7 Å². The van der Waals surface area contributed by atoms with E-state index in [0.717, 1.165) is 12.8 Å². The topological polar surface area (TPSA) is 78.4 Å². The van der Waals surface area contributed by atoms with Gasteiger partial charge in [-0.05, 0) is 18.3 Å². The molecule has 0 bridgehead atoms. The fourth-order valence-corrected chi connectivity index (χ4v) is 1.91. The quantitative estimate of drug-likeness (QED) is 0.659. The lowest BCUT2D eigenvalue weighted by atomic mass is 9.96. The fourth-order valence-electron chi connectivity index (χ4n) is 1.91. The molecule has 0 spiro atoms. The van der Waals surface area contributed by atoms with Crippen LogP contribution in [0.25, 0.3) is 0 Å². The molecular weight excluding hydrogens is 220 g/mol. The number of amides is 2. The lowest BCUT2D eigenvalue weighted by Gasteiger charge is -2.17. The molecule has 1 rings (SSSR count). The summed E-state index contributed by atoms with van der Waals surface area (Å²) in [6, 6.07) is 0.0279. The SMILES string of the molecule is CCC1CC1NC(=O)NCC(C(=O)O)C(C)C. The number of nitrogens with one attached hydrogen (secondary N) is 2. The van der Waals surface area contributed by atoms with Crippen LogP contribution in [0.2, 0.25) is 0 Å². The van der Waals surface area contributed by atoms with Crippen molar-refractivity contribution in [1.29, 1.82) is 0 Å². The summed E-state index contributed by atoms with van der Waals surface area (Å²) in [4.78, 5) is 22.4. The molecule has 1 saturated carbocycles. The van der Waals surface area contributed by atoms with Crippen molar-refractivity contribution in [2.24, 2.45) is 17.8 Å². The molecular formula is C12H22N2O3. The molecule has 1 fully saturated rings. The maximum absolute atomic E-state index is 11.5. The van der Waals surface area contributed by atoms with Crippen molar-refractivity contribution in [3.05, 3.63) is 0 Å². The Kier molecular flexibility index (Phi) is 4.78. The van der Waals surface area contributed by atoms with E-state index in [0.29, 0.717) is 5.92 Å². The molecule has 3 atom stereocenters. The number of hydrogen-bond acceptors (Lipinski definition) is 2. The Morgan fingerprint density at radius 1 is 1.41 bits per heavy atom. The van der Waals surface area contributed by atoms with E-state index in [1.54, 1.807) is 0 Å². The molecule has 3 unspecified atom stereocenters. The molecule has 0 aromatic carbocycles. The predicted octanol–water partition coefficient (Wildman–Crippen LogP) is 1.44. The molecule has 3 N–H and O–H groups in total. The van der Waals surface area contributed by atoms with Gasteiger partial charge in [0.2, 0.25) is 0 Å². The molecule has 98 valence electrons. The van der Waals surface area contributed by atoms with Gasteiger partial charge in [-0.15, -0.1) is 0 Å². The summed E-state index contributed by atoms with van der Waals surface area (Å²) in [5.41, 5.74) is 0. The van der Waals surface area contributed by atoms with Crippen LogP contribution in [0.5, 0.6) is 0 Å². The zero-order valence-electron chi connectivity index (χ0n) is 10.7. The Morgan fingerprint density at radius 2 is 2.06 bits per heavy atom. The van der Waals surface area contributed by atoms with Crippen molar-refractivity contribution >= 4 is 12.0 Å². The number of carbonyl (C=O) groups is 2. The first-order valence-corrected chi connectivity index (χ1v) is 6.22. The van der Waals surface area contributed by atoms with Gasteiger partial charge in [0, 0.05) is 12.6 Å². The number of carbonyl (C=O) groups excluding carboxylic acids is 1. The van der Waals surface area contributed by atoms with Crippen molar-refractivity contribution in [2.45, 2.75) is 39.7 Å². The smallest absolute Gasteiger partial charge is 0.315 e. The van der Waals surface area contributed by atoms with Crippen LogP contribution >= 0.6 is 0 Å². The van der Waals surface area contributed by atoms with Crippen LogP contribution < -0.4 is 10.6 Å². The van der Waals surface area contributed by atoms with E-state index < -0.39 is 11.9 Å². The molecule has 5 nitrogen and oxygen atoms in total. The Balaban J connectivity index is 2.25. The van der Waals surface area contributed by atoms with Gasteiger partial charge in [0.1, 0.15) is 0 Å². The van der Waals surface area contributed by atoms with Gasteiger partial charge >= 0.3 is 12.0 Å². The molecule has 1 aliphatic carbocycles. The highest BCUT2D eigenvalue weighted by Gasteiger charge is 2.36. The predicted molar refractivity (Wildman–Crippen MR) is 64.7 cm³/mol. The monoisotopic (exact) mass is 242 g/mol. The number of carboxylic acid groups (broad SMARTS) is 1. The molecule has 1 aliphatic rings. The van der Waals surface area contributed by atoms with E-state index in [9.17, 15) is 9.59 Å². The lowest BCUT2D eigenvalue weighted by molar-refractivity contribution is -0.142. The third-order valence-electron chi connectivity index (χ3n) is 3.37. The minimum Gasteiger partial charge on any atom is -0.481 e. The lowest BCUT2D eigenvalue weighted by Crippen LogP contribution is -2.42. The number of carboxylic acids is 1. The van der Waals surface area contributed by atoms with Crippen LogP contribution in [0.15, 0.2) is 0 Å². The van der Waals surface area contributed by atoms with Crippen LogP contribution in [0, 0.1) is 17.8 Å². The molecule has 0 radical (unpaired) electrons. The van der Waals surface area contributed by atoms with Gasteiger partial charge in [0.05, 0.1) is 5.92 Å². The normalized spacial score (nSPS) is 24.2. The summed E-state index contributed by atoms with van der Waals surface area (Å²) in [7, 11) is 0. The summed E-state index contributed by atoms with van der Waals surface area (Å²) in [6.07, 6.45) is 2.12. The van der Waals surface area contributed by atoms with E-state index in [4.69, 9.17) is 5.11 Å². The molecule has 0 heterocycles. The summed E-state index contributed by atoms with van der Waals surface area (Å²) in [5, 5.41) is 14.4. The Bertz CT molecular complexity index is 291. The Labute approximate surface area is 102 Å². The maximum atomic E-state index is 11.5. The Morgan fingerprint density at radius 3 is 2.47 bits per heavy atom. The third kappa shape index (κ3) is 4.24. The van der Waals surface area contributed by atoms with Crippen LogP contribution in [-0.2, 0) is 4.79 Å². The van der Waals surface area contributed by atoms with Gasteiger partial charge in [-0.2, -0.15) is 0 Å². The van der Waals surface area contributed by atoms with E-state index in [-0.39, 0.29) is 24.5 Å². The van der Waals surface area contributed by atoms with Crippen LogP contribution in [0.1, 0.15) is 33.6 Å². The molecule has 0 aromatic heterocycles. The van der Waals surface area contributed by atoms with Gasteiger partial charge < -0.3 is 15.7 Å². The molecule has 5 heteroatoms. The van der Waals surface area contributed by atoms with Crippen LogP contribution in [0.3, 0.4) is 0 Å². The number of rotatable bonds is 6. The summed E-state index contributed by atoms with van der Waals surface area (Å²) >= 11 is 0. The number of aliphatic carboxylic acids is 1. The van der Waals surface area contributed by atoms with Crippen molar-refractivity contribution in [1.82, 2.24) is 10.6 Å². The molecule has 0 saturated heterocycles. The molecule has 2 amide bonds. The van der Waals surface area contributed by atoms with Gasteiger partial charge in [0.25, 0.3) is 0 Å². The van der Waals surface area contributed by atoms with Gasteiger partial charge in [-0.3, -0.25) is 4.79 Å². The minimum atomic E-state index is -0.863. The first-order chi connectivity index (χ1) is 7.95. The molecule has 0 aliphatic heterocycles. The average molecular weight is 242 g/mol. The largest absolute Gasteiger partial charge is 0.481 e. The summed E-state index contributed by atoms with van der Waals surface area (Å²) < 4.78 is 0. The highest BCUT2D eigenvalue weighted by Crippen LogP contribution is 2.32. The van der Waals surface area contributed by atoms with Crippen molar-refractivity contribution in [3.8, 4) is 0 Å². The van der Waals surface area contributed by atoms with Crippen molar-refractivity contribution in [2.75, 3.05) is 6.54 Å². The zero-order chi connectivity index (χ0) is 13.0. The van der Waals surface area contributed by atoms with E-state index >= 15 is 0 Å². The third-order valence-corrected chi connectivity index (χ3v) is 3.37. The average Bonchev–Trinajstić information content (AvgIpc) is 2.95. The van der Waals surface area contributed by atoms with Crippen molar-refractivity contribution in [3.63, 3.8) is 0 Å². The summed E-state index contributed by atoms with van der Waals surface area (Å²) in [5.74, 6) is -0.779. The highest BCUT2D eigenvalue weighted by atomic mass is 16.4. The fraction of sp³-hybridized carbons (Fsp3) is 0.833. The van der Waals surface area contributed by atoms with Crippen LogP contribution in [0.4, 0.5) is 4.79 Å². The van der Waals surface area contributed by atoms with E-state index in [2.05, 4.69) is 17.6 Å².